The van der Waals surface area contributed by atoms with Crippen molar-refractivity contribution in [3.8, 4) is 5.75 Å². The molecular weight excluding hydrogens is 325 g/mol. The maximum Gasteiger partial charge on any atom is 0.494 e. The molecule has 0 aromatic heterocycles. The van der Waals surface area contributed by atoms with Gasteiger partial charge >= 0.3 is 13.2 Å². The van der Waals surface area contributed by atoms with Crippen molar-refractivity contribution in [2.75, 3.05) is 25.2 Å². The Labute approximate surface area is 147 Å². The van der Waals surface area contributed by atoms with Gasteiger partial charge in [-0.15, -0.1) is 0 Å². The zero-order valence-electron chi connectivity index (χ0n) is 15.2. The molecule has 2 saturated heterocycles. The second-order valence-electron chi connectivity index (χ2n) is 7.32. The van der Waals surface area contributed by atoms with E-state index in [0.29, 0.717) is 11.4 Å². The average Bonchev–Trinajstić information content (AvgIpc) is 3.03. The third-order valence-electron chi connectivity index (χ3n) is 5.10. The van der Waals surface area contributed by atoms with Crippen LogP contribution in [0.25, 0.3) is 0 Å². The molecular formula is C17H24BNO6. The molecule has 0 saturated carbocycles. The van der Waals surface area contributed by atoms with Crippen LogP contribution in [0.5, 0.6) is 5.75 Å². The topological polar surface area (TPSA) is 77.5 Å². The molecule has 2 aliphatic heterocycles. The minimum Gasteiger partial charge on any atom is -0.495 e. The van der Waals surface area contributed by atoms with Crippen molar-refractivity contribution in [3.63, 3.8) is 0 Å². The van der Waals surface area contributed by atoms with E-state index in [0.717, 1.165) is 5.46 Å². The summed E-state index contributed by atoms with van der Waals surface area (Å²) in [7, 11) is 1.03. The Kier molecular flexibility index (Phi) is 4.47. The van der Waals surface area contributed by atoms with Crippen LogP contribution in [0, 0.1) is 0 Å². The number of ether oxygens (including phenoxy) is 2. The summed E-state index contributed by atoms with van der Waals surface area (Å²) >= 11 is 0. The molecule has 8 heteroatoms. The molecule has 2 heterocycles. The van der Waals surface area contributed by atoms with Crippen LogP contribution in [-0.2, 0) is 14.0 Å². The van der Waals surface area contributed by atoms with Gasteiger partial charge in [-0.2, -0.15) is 0 Å². The molecule has 1 aromatic carbocycles. The first-order chi connectivity index (χ1) is 11.7. The van der Waals surface area contributed by atoms with Crippen LogP contribution in [0.2, 0.25) is 0 Å². The summed E-state index contributed by atoms with van der Waals surface area (Å²) in [6, 6.07) is 5.43. The number of anilines is 1. The minimum atomic E-state index is -0.528. The molecule has 0 radical (unpaired) electrons. The molecule has 0 spiro atoms. The first-order valence-corrected chi connectivity index (χ1v) is 8.31. The summed E-state index contributed by atoms with van der Waals surface area (Å²) in [6.45, 7) is 8.04. The predicted molar refractivity (Wildman–Crippen MR) is 93.4 cm³/mol. The lowest BCUT2D eigenvalue weighted by atomic mass is 9.79. The highest BCUT2D eigenvalue weighted by Crippen LogP contribution is 2.37. The Balaban J connectivity index is 1.87. The first kappa shape index (κ1) is 18.0. The molecule has 25 heavy (non-hydrogen) atoms. The van der Waals surface area contributed by atoms with Gasteiger partial charge in [0, 0.05) is 0 Å². The van der Waals surface area contributed by atoms with Gasteiger partial charge < -0.3 is 23.9 Å². The van der Waals surface area contributed by atoms with Gasteiger partial charge in [-0.3, -0.25) is 4.90 Å². The number of amides is 1. The van der Waals surface area contributed by atoms with E-state index in [1.165, 1.54) is 12.0 Å². The Morgan fingerprint density at radius 1 is 1.28 bits per heavy atom. The summed E-state index contributed by atoms with van der Waals surface area (Å²) in [6.07, 6.45) is -1.03. The standard InChI is InChI=1S/C17H24BNO6/c1-16(2)17(3,4)25-18(24-16)11-6-7-13(14(8-11)22-5)19-9-12(10-20)23-15(19)21/h6-8,12,20H,9-10H2,1-5H3/t12-/m1/s1. The van der Waals surface area contributed by atoms with Gasteiger partial charge in [-0.05, 0) is 45.3 Å². The molecule has 1 N–H and O–H groups in total. The second kappa shape index (κ2) is 6.19. The summed E-state index contributed by atoms with van der Waals surface area (Å²) < 4.78 is 22.7. The van der Waals surface area contributed by atoms with E-state index >= 15 is 0 Å². The highest BCUT2D eigenvalue weighted by atomic mass is 16.7. The second-order valence-corrected chi connectivity index (χ2v) is 7.32. The van der Waals surface area contributed by atoms with Gasteiger partial charge in [-0.1, -0.05) is 6.07 Å². The fourth-order valence-corrected chi connectivity index (χ4v) is 2.86. The number of nitrogens with zero attached hydrogens (tertiary/aromatic N) is 1. The number of carbonyl (C=O) groups is 1. The van der Waals surface area contributed by atoms with Crippen molar-refractivity contribution < 1.29 is 28.7 Å². The van der Waals surface area contributed by atoms with Crippen molar-refractivity contribution >= 4 is 24.4 Å². The van der Waals surface area contributed by atoms with Gasteiger partial charge in [0.1, 0.15) is 11.9 Å². The van der Waals surface area contributed by atoms with Crippen molar-refractivity contribution in [2.24, 2.45) is 0 Å². The molecule has 2 fully saturated rings. The molecule has 1 atom stereocenters. The van der Waals surface area contributed by atoms with Crippen LogP contribution < -0.4 is 15.1 Å². The Hall–Kier alpha value is -1.77. The summed E-state index contributed by atoms with van der Waals surface area (Å²) in [5.74, 6) is 0.516. The third kappa shape index (κ3) is 3.10. The van der Waals surface area contributed by atoms with Gasteiger partial charge in [0.25, 0.3) is 0 Å². The third-order valence-corrected chi connectivity index (χ3v) is 5.10. The number of rotatable bonds is 4. The van der Waals surface area contributed by atoms with Crippen LogP contribution in [0.4, 0.5) is 10.5 Å². The number of benzene rings is 1. The number of aliphatic hydroxyl groups is 1. The maximum atomic E-state index is 12.0. The molecule has 136 valence electrons. The van der Waals surface area contributed by atoms with Crippen molar-refractivity contribution in [1.29, 1.82) is 0 Å². The molecule has 7 nitrogen and oxygen atoms in total. The number of aliphatic hydroxyl groups excluding tert-OH is 1. The normalized spacial score (nSPS) is 24.6. The number of hydrogen-bond acceptors (Lipinski definition) is 6. The Bertz CT molecular complexity index is 661. The molecule has 3 rings (SSSR count). The zero-order valence-corrected chi connectivity index (χ0v) is 15.2. The van der Waals surface area contributed by atoms with E-state index in [1.807, 2.05) is 33.8 Å². The van der Waals surface area contributed by atoms with Crippen molar-refractivity contribution in [2.45, 2.75) is 45.0 Å². The van der Waals surface area contributed by atoms with E-state index in [1.54, 1.807) is 12.1 Å². The summed E-state index contributed by atoms with van der Waals surface area (Å²) in [5.41, 5.74) is 0.530. The van der Waals surface area contributed by atoms with Gasteiger partial charge in [0.15, 0.2) is 0 Å². The van der Waals surface area contributed by atoms with Gasteiger partial charge in [0.05, 0.1) is 37.2 Å². The maximum absolute atomic E-state index is 12.0. The molecule has 1 amide bonds. The zero-order chi connectivity index (χ0) is 18.4. The molecule has 0 aliphatic carbocycles. The van der Waals surface area contributed by atoms with E-state index in [2.05, 4.69) is 0 Å². The van der Waals surface area contributed by atoms with Gasteiger partial charge in [-0.25, -0.2) is 4.79 Å². The lowest BCUT2D eigenvalue weighted by Crippen LogP contribution is -2.41. The van der Waals surface area contributed by atoms with E-state index in [4.69, 9.17) is 18.8 Å². The van der Waals surface area contributed by atoms with Crippen molar-refractivity contribution in [1.82, 2.24) is 0 Å². The van der Waals surface area contributed by atoms with E-state index in [9.17, 15) is 9.90 Å². The Morgan fingerprint density at radius 3 is 2.44 bits per heavy atom. The Morgan fingerprint density at radius 2 is 1.92 bits per heavy atom. The molecule has 0 unspecified atom stereocenters. The lowest BCUT2D eigenvalue weighted by Gasteiger charge is -2.32. The SMILES string of the molecule is COc1cc(B2OC(C)(C)C(C)(C)O2)ccc1N1C[C@H](CO)OC1=O. The first-order valence-electron chi connectivity index (χ1n) is 8.31. The molecule has 1 aromatic rings. The summed E-state index contributed by atoms with van der Waals surface area (Å²) in [5, 5.41) is 9.19. The number of methoxy groups -OCH3 is 1. The number of cyclic esters (lactones) is 1. The number of hydrogen-bond donors (Lipinski definition) is 1. The van der Waals surface area contributed by atoms with Crippen molar-refractivity contribution in [3.05, 3.63) is 18.2 Å². The van der Waals surface area contributed by atoms with Crippen LogP contribution in [0.3, 0.4) is 0 Å². The van der Waals surface area contributed by atoms with Crippen LogP contribution in [0.1, 0.15) is 27.7 Å². The lowest BCUT2D eigenvalue weighted by molar-refractivity contribution is 0.00578. The molecule has 0 bridgehead atoms. The highest BCUT2D eigenvalue weighted by Gasteiger charge is 2.51. The fraction of sp³-hybridized carbons (Fsp3) is 0.588. The predicted octanol–water partition coefficient (Wildman–Crippen LogP) is 1.31. The average molecular weight is 349 g/mol. The monoisotopic (exact) mass is 349 g/mol. The molecule has 2 aliphatic rings. The van der Waals surface area contributed by atoms with Crippen LogP contribution in [-0.4, -0.2) is 55.9 Å². The van der Waals surface area contributed by atoms with E-state index in [-0.39, 0.29) is 13.2 Å². The number of carbonyl (C=O) groups excluding carboxylic acids is 1. The van der Waals surface area contributed by atoms with E-state index < -0.39 is 30.5 Å². The largest absolute Gasteiger partial charge is 0.495 e. The smallest absolute Gasteiger partial charge is 0.494 e. The van der Waals surface area contributed by atoms with Crippen LogP contribution in [0.15, 0.2) is 18.2 Å². The quantitative estimate of drug-likeness (QED) is 0.826. The minimum absolute atomic E-state index is 0.212. The summed E-state index contributed by atoms with van der Waals surface area (Å²) in [4.78, 5) is 13.5. The van der Waals surface area contributed by atoms with Gasteiger partial charge in [0.2, 0.25) is 0 Å². The highest BCUT2D eigenvalue weighted by molar-refractivity contribution is 6.62. The van der Waals surface area contributed by atoms with Crippen LogP contribution >= 0.6 is 0 Å². The fourth-order valence-electron chi connectivity index (χ4n) is 2.86.